The lowest BCUT2D eigenvalue weighted by Crippen LogP contribution is -2.28. The van der Waals surface area contributed by atoms with E-state index in [1.165, 1.54) is 30.4 Å². The largest absolute Gasteiger partial charge is 0.271 e. The molecule has 0 amide bonds. The van der Waals surface area contributed by atoms with Crippen LogP contribution in [0.5, 0.6) is 0 Å². The average Bonchev–Trinajstić information content (AvgIpc) is 2.42. The first-order valence-electron chi connectivity index (χ1n) is 7.66. The van der Waals surface area contributed by atoms with Crippen LogP contribution in [0, 0.1) is 0 Å². The van der Waals surface area contributed by atoms with E-state index in [0.717, 1.165) is 12.8 Å². The van der Waals surface area contributed by atoms with Crippen molar-refractivity contribution < 1.29 is 0 Å². The van der Waals surface area contributed by atoms with Crippen LogP contribution in [0.1, 0.15) is 70.0 Å². The first kappa shape index (κ1) is 16.9. The van der Waals surface area contributed by atoms with Crippen molar-refractivity contribution in [3.05, 3.63) is 48.0 Å². The zero-order valence-electron chi connectivity index (χ0n) is 13.3. The molecule has 0 saturated carbocycles. The summed E-state index contributed by atoms with van der Waals surface area (Å²) in [5, 5.41) is 0. The topological polar surface area (TPSA) is 38.0 Å². The third kappa shape index (κ3) is 5.48. The second-order valence-electron chi connectivity index (χ2n) is 6.52. The Balaban J connectivity index is 2.54. The standard InChI is InChI=1S/C18H30N2/c1-5-6-7-8-9-10-17(20-19)15-11-13-16(14-12-15)18(2,3)4/h5,11-14,17,20H,1,6-10,19H2,2-4H3. The highest BCUT2D eigenvalue weighted by Crippen LogP contribution is 2.25. The second kappa shape index (κ2) is 8.23. The van der Waals surface area contributed by atoms with Gasteiger partial charge in [-0.3, -0.25) is 11.3 Å². The molecule has 1 atom stereocenters. The van der Waals surface area contributed by atoms with Gasteiger partial charge in [-0.05, 0) is 35.8 Å². The van der Waals surface area contributed by atoms with Crippen LogP contribution in [0.2, 0.25) is 0 Å². The van der Waals surface area contributed by atoms with Gasteiger partial charge >= 0.3 is 0 Å². The Bertz CT molecular complexity index is 387. The van der Waals surface area contributed by atoms with Crippen LogP contribution in [-0.2, 0) is 5.41 Å². The van der Waals surface area contributed by atoms with Gasteiger partial charge in [-0.15, -0.1) is 6.58 Å². The smallest absolute Gasteiger partial charge is 0.0460 e. The highest BCUT2D eigenvalue weighted by Gasteiger charge is 2.15. The molecular formula is C18H30N2. The fraction of sp³-hybridized carbons (Fsp3) is 0.556. The number of nitrogens with two attached hydrogens (primary N) is 1. The fourth-order valence-electron chi connectivity index (χ4n) is 2.38. The molecule has 20 heavy (non-hydrogen) atoms. The van der Waals surface area contributed by atoms with Crippen molar-refractivity contribution >= 4 is 0 Å². The molecule has 1 unspecified atom stereocenters. The maximum Gasteiger partial charge on any atom is 0.0460 e. The summed E-state index contributed by atoms with van der Waals surface area (Å²) in [6.07, 6.45) is 7.85. The third-order valence-electron chi connectivity index (χ3n) is 3.78. The Labute approximate surface area is 124 Å². The molecule has 0 aliphatic rings. The molecule has 0 saturated heterocycles. The van der Waals surface area contributed by atoms with E-state index in [2.05, 4.69) is 57.0 Å². The minimum Gasteiger partial charge on any atom is -0.271 e. The summed E-state index contributed by atoms with van der Waals surface area (Å²) < 4.78 is 0. The molecule has 0 spiro atoms. The third-order valence-corrected chi connectivity index (χ3v) is 3.78. The first-order valence-corrected chi connectivity index (χ1v) is 7.66. The predicted molar refractivity (Wildman–Crippen MR) is 88.5 cm³/mol. The zero-order valence-corrected chi connectivity index (χ0v) is 13.3. The van der Waals surface area contributed by atoms with Crippen LogP contribution in [0.15, 0.2) is 36.9 Å². The van der Waals surface area contributed by atoms with E-state index in [4.69, 9.17) is 5.84 Å². The van der Waals surface area contributed by atoms with Gasteiger partial charge in [0.05, 0.1) is 0 Å². The highest BCUT2D eigenvalue weighted by molar-refractivity contribution is 5.29. The molecule has 0 aliphatic heterocycles. The number of unbranched alkanes of at least 4 members (excludes halogenated alkanes) is 3. The number of allylic oxidation sites excluding steroid dienone is 1. The Morgan fingerprint density at radius 3 is 2.30 bits per heavy atom. The lowest BCUT2D eigenvalue weighted by molar-refractivity contribution is 0.483. The van der Waals surface area contributed by atoms with Gasteiger partial charge in [0, 0.05) is 6.04 Å². The molecule has 0 heterocycles. The maximum atomic E-state index is 5.70. The van der Waals surface area contributed by atoms with Crippen LogP contribution in [-0.4, -0.2) is 0 Å². The van der Waals surface area contributed by atoms with Gasteiger partial charge in [0.15, 0.2) is 0 Å². The molecule has 1 aromatic rings. The number of hydrogen-bond donors (Lipinski definition) is 2. The summed E-state index contributed by atoms with van der Waals surface area (Å²) in [5.74, 6) is 5.70. The molecule has 0 fully saturated rings. The van der Waals surface area contributed by atoms with E-state index >= 15 is 0 Å². The summed E-state index contributed by atoms with van der Waals surface area (Å²) in [4.78, 5) is 0. The maximum absolute atomic E-state index is 5.70. The number of benzene rings is 1. The van der Waals surface area contributed by atoms with Crippen LogP contribution in [0.25, 0.3) is 0 Å². The lowest BCUT2D eigenvalue weighted by atomic mass is 9.86. The Morgan fingerprint density at radius 1 is 1.15 bits per heavy atom. The SMILES string of the molecule is C=CCCCCCC(NN)c1ccc(C(C)(C)C)cc1. The predicted octanol–water partition coefficient (Wildman–Crippen LogP) is 4.63. The van der Waals surface area contributed by atoms with Crippen molar-refractivity contribution in [2.75, 3.05) is 0 Å². The van der Waals surface area contributed by atoms with Crippen molar-refractivity contribution in [2.45, 2.75) is 64.3 Å². The van der Waals surface area contributed by atoms with E-state index in [9.17, 15) is 0 Å². The summed E-state index contributed by atoms with van der Waals surface area (Å²) >= 11 is 0. The molecule has 0 radical (unpaired) electrons. The molecule has 3 N–H and O–H groups in total. The van der Waals surface area contributed by atoms with E-state index in [-0.39, 0.29) is 11.5 Å². The quantitative estimate of drug-likeness (QED) is 0.314. The van der Waals surface area contributed by atoms with Crippen LogP contribution in [0.3, 0.4) is 0 Å². The summed E-state index contributed by atoms with van der Waals surface area (Å²) in [6.45, 7) is 10.5. The molecule has 1 rings (SSSR count). The minimum absolute atomic E-state index is 0.203. The van der Waals surface area contributed by atoms with E-state index in [1.807, 2.05) is 6.08 Å². The van der Waals surface area contributed by atoms with Gasteiger partial charge in [-0.2, -0.15) is 0 Å². The molecule has 2 heteroatoms. The Hall–Kier alpha value is -1.12. The van der Waals surface area contributed by atoms with Crippen molar-refractivity contribution in [1.82, 2.24) is 5.43 Å². The lowest BCUT2D eigenvalue weighted by Gasteiger charge is -2.21. The van der Waals surface area contributed by atoms with E-state index in [0.29, 0.717) is 0 Å². The molecule has 0 bridgehead atoms. The Morgan fingerprint density at radius 2 is 1.80 bits per heavy atom. The second-order valence-corrected chi connectivity index (χ2v) is 6.52. The van der Waals surface area contributed by atoms with E-state index in [1.54, 1.807) is 0 Å². The van der Waals surface area contributed by atoms with Crippen LogP contribution in [0.4, 0.5) is 0 Å². The molecule has 0 aromatic heterocycles. The molecule has 1 aromatic carbocycles. The van der Waals surface area contributed by atoms with E-state index < -0.39 is 0 Å². The zero-order chi connectivity index (χ0) is 15.0. The number of hydrogen-bond acceptors (Lipinski definition) is 2. The number of rotatable bonds is 8. The van der Waals surface area contributed by atoms with Gasteiger partial charge in [-0.25, -0.2) is 0 Å². The van der Waals surface area contributed by atoms with Gasteiger partial charge in [-0.1, -0.05) is 64.0 Å². The van der Waals surface area contributed by atoms with Gasteiger partial charge in [0.1, 0.15) is 0 Å². The van der Waals surface area contributed by atoms with Crippen LogP contribution < -0.4 is 11.3 Å². The molecule has 0 aliphatic carbocycles. The van der Waals surface area contributed by atoms with Crippen LogP contribution >= 0.6 is 0 Å². The van der Waals surface area contributed by atoms with Crippen molar-refractivity contribution in [3.8, 4) is 0 Å². The normalized spacial score (nSPS) is 13.2. The summed E-state index contributed by atoms with van der Waals surface area (Å²) in [7, 11) is 0. The average molecular weight is 274 g/mol. The summed E-state index contributed by atoms with van der Waals surface area (Å²) in [5.41, 5.74) is 5.80. The fourth-order valence-corrected chi connectivity index (χ4v) is 2.38. The van der Waals surface area contributed by atoms with Gasteiger partial charge in [0.2, 0.25) is 0 Å². The molecule has 112 valence electrons. The minimum atomic E-state index is 0.203. The monoisotopic (exact) mass is 274 g/mol. The highest BCUT2D eigenvalue weighted by atomic mass is 15.2. The Kier molecular flexibility index (Phi) is 6.97. The molecule has 2 nitrogen and oxygen atoms in total. The summed E-state index contributed by atoms with van der Waals surface area (Å²) in [6, 6.07) is 9.10. The van der Waals surface area contributed by atoms with Gasteiger partial charge < -0.3 is 0 Å². The van der Waals surface area contributed by atoms with Crippen molar-refractivity contribution in [2.24, 2.45) is 5.84 Å². The number of nitrogens with one attached hydrogen (secondary N) is 1. The molecular weight excluding hydrogens is 244 g/mol. The van der Waals surface area contributed by atoms with Crippen molar-refractivity contribution in [3.63, 3.8) is 0 Å². The van der Waals surface area contributed by atoms with Gasteiger partial charge in [0.25, 0.3) is 0 Å². The number of hydrazine groups is 1. The first-order chi connectivity index (χ1) is 9.49. The van der Waals surface area contributed by atoms with Crippen molar-refractivity contribution in [1.29, 1.82) is 0 Å².